The van der Waals surface area contributed by atoms with Crippen LogP contribution in [0.25, 0.3) is 0 Å². The van der Waals surface area contributed by atoms with E-state index in [4.69, 9.17) is 10.8 Å². The van der Waals surface area contributed by atoms with Crippen molar-refractivity contribution in [2.24, 2.45) is 11.8 Å². The van der Waals surface area contributed by atoms with E-state index in [1.165, 1.54) is 9.47 Å². The standard InChI is InChI=1S/C14H24N4O4/c1-8(2)5-17(7-10(19)20)11-12(15)18(6-9(3)4)14(22)16-13(11)21/h8-9H,5-7,15H2,1-4H3,(H,19,20)(H,16,21,22). The molecule has 1 aromatic rings. The van der Waals surface area contributed by atoms with Crippen LogP contribution in [0.5, 0.6) is 0 Å². The molecule has 0 amide bonds. The van der Waals surface area contributed by atoms with Crippen molar-refractivity contribution >= 4 is 17.5 Å². The Hall–Kier alpha value is -2.25. The second-order valence-corrected chi connectivity index (χ2v) is 6.17. The molecule has 1 heterocycles. The minimum Gasteiger partial charge on any atom is -0.480 e. The van der Waals surface area contributed by atoms with Crippen molar-refractivity contribution in [2.75, 3.05) is 23.7 Å². The van der Waals surface area contributed by atoms with Crippen molar-refractivity contribution in [3.8, 4) is 0 Å². The number of hydrogen-bond donors (Lipinski definition) is 3. The number of aromatic amines is 1. The molecule has 124 valence electrons. The lowest BCUT2D eigenvalue weighted by molar-refractivity contribution is -0.135. The number of aliphatic carboxylic acids is 1. The molecule has 1 aromatic heterocycles. The number of nitrogens with two attached hydrogens (primary N) is 1. The van der Waals surface area contributed by atoms with Gasteiger partial charge in [0.15, 0.2) is 0 Å². The Morgan fingerprint density at radius 3 is 2.32 bits per heavy atom. The molecule has 4 N–H and O–H groups in total. The highest BCUT2D eigenvalue weighted by Crippen LogP contribution is 2.18. The van der Waals surface area contributed by atoms with Gasteiger partial charge in [-0.25, -0.2) is 4.79 Å². The predicted octanol–water partition coefficient (Wildman–Crippen LogP) is 0.322. The van der Waals surface area contributed by atoms with Crippen molar-refractivity contribution in [3.05, 3.63) is 20.8 Å². The van der Waals surface area contributed by atoms with E-state index in [-0.39, 0.29) is 29.9 Å². The first kappa shape index (κ1) is 17.8. The number of nitrogens with one attached hydrogen (secondary N) is 1. The van der Waals surface area contributed by atoms with E-state index in [1.807, 2.05) is 27.7 Å². The molecule has 0 unspecified atom stereocenters. The first-order chi connectivity index (χ1) is 10.1. The van der Waals surface area contributed by atoms with Crippen LogP contribution in [-0.2, 0) is 11.3 Å². The number of anilines is 2. The summed E-state index contributed by atoms with van der Waals surface area (Å²) in [6.07, 6.45) is 0. The van der Waals surface area contributed by atoms with E-state index < -0.39 is 17.2 Å². The summed E-state index contributed by atoms with van der Waals surface area (Å²) in [6.45, 7) is 7.98. The molecule has 8 nitrogen and oxygen atoms in total. The fourth-order valence-electron chi connectivity index (χ4n) is 2.27. The third kappa shape index (κ3) is 4.37. The first-order valence-corrected chi connectivity index (χ1v) is 7.22. The largest absolute Gasteiger partial charge is 0.480 e. The van der Waals surface area contributed by atoms with Gasteiger partial charge in [-0.15, -0.1) is 0 Å². The Balaban J connectivity index is 3.44. The van der Waals surface area contributed by atoms with Crippen LogP contribution < -0.4 is 21.9 Å². The average Bonchev–Trinajstić information content (AvgIpc) is 2.32. The lowest BCUT2D eigenvalue weighted by atomic mass is 10.2. The summed E-state index contributed by atoms with van der Waals surface area (Å²) in [6, 6.07) is 0. The van der Waals surface area contributed by atoms with Gasteiger partial charge < -0.3 is 15.7 Å². The van der Waals surface area contributed by atoms with E-state index in [2.05, 4.69) is 4.98 Å². The third-order valence-electron chi connectivity index (χ3n) is 2.99. The van der Waals surface area contributed by atoms with Crippen LogP contribution >= 0.6 is 0 Å². The van der Waals surface area contributed by atoms with Gasteiger partial charge in [-0.1, -0.05) is 27.7 Å². The number of rotatable bonds is 7. The molecule has 0 radical (unpaired) electrons. The predicted molar refractivity (Wildman–Crippen MR) is 85.3 cm³/mol. The fraction of sp³-hybridized carbons (Fsp3) is 0.643. The molecule has 0 spiro atoms. The van der Waals surface area contributed by atoms with E-state index in [0.29, 0.717) is 13.1 Å². The molecule has 0 saturated heterocycles. The van der Waals surface area contributed by atoms with E-state index in [1.54, 1.807) is 0 Å². The Morgan fingerprint density at radius 1 is 1.27 bits per heavy atom. The minimum absolute atomic E-state index is 0.00403. The monoisotopic (exact) mass is 312 g/mol. The van der Waals surface area contributed by atoms with Crippen LogP contribution in [0.2, 0.25) is 0 Å². The molecular weight excluding hydrogens is 288 g/mol. The quantitative estimate of drug-likeness (QED) is 0.666. The highest BCUT2D eigenvalue weighted by atomic mass is 16.4. The Kier molecular flexibility index (Phi) is 5.78. The highest BCUT2D eigenvalue weighted by Gasteiger charge is 2.21. The van der Waals surface area contributed by atoms with Crippen LogP contribution in [0.3, 0.4) is 0 Å². The minimum atomic E-state index is -1.07. The lowest BCUT2D eigenvalue weighted by Crippen LogP contribution is -2.42. The van der Waals surface area contributed by atoms with Crippen LogP contribution in [0, 0.1) is 11.8 Å². The van der Waals surface area contributed by atoms with Crippen LogP contribution in [0.4, 0.5) is 11.5 Å². The zero-order chi connectivity index (χ0) is 17.0. The molecule has 0 fully saturated rings. The number of carboxylic acids is 1. The summed E-state index contributed by atoms with van der Waals surface area (Å²) in [4.78, 5) is 38.7. The van der Waals surface area contributed by atoms with Crippen molar-refractivity contribution in [2.45, 2.75) is 34.2 Å². The Labute approximate surface area is 128 Å². The molecule has 22 heavy (non-hydrogen) atoms. The maximum Gasteiger partial charge on any atom is 0.330 e. The van der Waals surface area contributed by atoms with Crippen molar-refractivity contribution in [1.82, 2.24) is 9.55 Å². The summed E-state index contributed by atoms with van der Waals surface area (Å²) in [5, 5.41) is 9.05. The summed E-state index contributed by atoms with van der Waals surface area (Å²) in [5.41, 5.74) is 4.79. The molecular formula is C14H24N4O4. The zero-order valence-electron chi connectivity index (χ0n) is 13.4. The lowest BCUT2D eigenvalue weighted by Gasteiger charge is -2.26. The topological polar surface area (TPSA) is 121 Å². The average molecular weight is 312 g/mol. The second kappa shape index (κ2) is 7.15. The zero-order valence-corrected chi connectivity index (χ0v) is 13.4. The number of H-pyrrole nitrogens is 1. The number of carbonyl (C=O) groups is 1. The second-order valence-electron chi connectivity index (χ2n) is 6.17. The summed E-state index contributed by atoms with van der Waals surface area (Å²) < 4.78 is 1.27. The maximum atomic E-state index is 12.1. The number of aromatic nitrogens is 2. The smallest absolute Gasteiger partial charge is 0.330 e. The number of nitrogen functional groups attached to an aromatic ring is 1. The van der Waals surface area contributed by atoms with Gasteiger partial charge in [0.1, 0.15) is 18.1 Å². The Morgan fingerprint density at radius 2 is 1.86 bits per heavy atom. The molecule has 0 atom stereocenters. The van der Waals surface area contributed by atoms with Crippen molar-refractivity contribution in [1.29, 1.82) is 0 Å². The van der Waals surface area contributed by atoms with Gasteiger partial charge in [0.25, 0.3) is 5.56 Å². The van der Waals surface area contributed by atoms with Gasteiger partial charge in [0, 0.05) is 13.1 Å². The van der Waals surface area contributed by atoms with Gasteiger partial charge >= 0.3 is 11.7 Å². The highest BCUT2D eigenvalue weighted by molar-refractivity contribution is 5.76. The van der Waals surface area contributed by atoms with E-state index >= 15 is 0 Å². The molecule has 0 aliphatic rings. The number of carboxylic acid groups (broad SMARTS) is 1. The van der Waals surface area contributed by atoms with E-state index in [0.717, 1.165) is 0 Å². The van der Waals surface area contributed by atoms with Gasteiger partial charge in [-0.2, -0.15) is 0 Å². The van der Waals surface area contributed by atoms with Crippen LogP contribution in [-0.4, -0.2) is 33.7 Å². The Bertz CT molecular complexity index is 645. The molecule has 8 heteroatoms. The molecule has 0 saturated carbocycles. The number of nitrogens with zero attached hydrogens (tertiary/aromatic N) is 2. The SMILES string of the molecule is CC(C)CN(CC(=O)O)c1c(N)n(CC(C)C)c(=O)[nH]c1=O. The van der Waals surface area contributed by atoms with Gasteiger partial charge in [-0.3, -0.25) is 19.1 Å². The molecule has 0 aromatic carbocycles. The van der Waals surface area contributed by atoms with Crippen LogP contribution in [0.15, 0.2) is 9.59 Å². The van der Waals surface area contributed by atoms with Gasteiger partial charge in [-0.05, 0) is 11.8 Å². The summed E-state index contributed by atoms with van der Waals surface area (Å²) >= 11 is 0. The van der Waals surface area contributed by atoms with Crippen LogP contribution in [0.1, 0.15) is 27.7 Å². The van der Waals surface area contributed by atoms with Gasteiger partial charge in [0.2, 0.25) is 0 Å². The molecule has 1 rings (SSSR count). The van der Waals surface area contributed by atoms with Crippen molar-refractivity contribution in [3.63, 3.8) is 0 Å². The third-order valence-corrected chi connectivity index (χ3v) is 2.99. The van der Waals surface area contributed by atoms with Crippen molar-refractivity contribution < 1.29 is 9.90 Å². The molecule has 0 aliphatic heterocycles. The van der Waals surface area contributed by atoms with Gasteiger partial charge in [0.05, 0.1) is 0 Å². The molecule has 0 bridgehead atoms. The summed E-state index contributed by atoms with van der Waals surface area (Å²) in [7, 11) is 0. The maximum absolute atomic E-state index is 12.1. The van der Waals surface area contributed by atoms with E-state index in [9.17, 15) is 14.4 Å². The summed E-state index contributed by atoms with van der Waals surface area (Å²) in [5.74, 6) is -0.786. The first-order valence-electron chi connectivity index (χ1n) is 7.22. The normalized spacial score (nSPS) is 11.2. The fourth-order valence-corrected chi connectivity index (χ4v) is 2.27. The molecule has 0 aliphatic carbocycles. The number of hydrogen-bond acceptors (Lipinski definition) is 5.